The van der Waals surface area contributed by atoms with Crippen LogP contribution in [0.15, 0.2) is 36.7 Å². The zero-order valence-corrected chi connectivity index (χ0v) is 13.4. The molecule has 1 atom stereocenters. The molecule has 1 unspecified atom stereocenters. The lowest BCUT2D eigenvalue weighted by Gasteiger charge is -2.26. The summed E-state index contributed by atoms with van der Waals surface area (Å²) in [4.78, 5) is 11.0. The van der Waals surface area contributed by atoms with E-state index in [4.69, 9.17) is 11.6 Å². The molecule has 0 aliphatic rings. The van der Waals surface area contributed by atoms with Crippen molar-refractivity contribution in [2.24, 2.45) is 0 Å². The average Bonchev–Trinajstić information content (AvgIpc) is 2.52. The van der Waals surface area contributed by atoms with Crippen molar-refractivity contribution in [1.29, 1.82) is 0 Å². The largest absolute Gasteiger partial charge is 0.352 e. The zero-order chi connectivity index (χ0) is 15.2. The normalized spacial score (nSPS) is 12.2. The standard InChI is InChI=1S/C16H21ClN4/c1-4-18-9-15-10-19-11-16(20-15)21(3)12(2)13-5-7-14(17)8-6-13/h5-8,10-12,18H,4,9H2,1-3H3. The van der Waals surface area contributed by atoms with Gasteiger partial charge in [-0.1, -0.05) is 30.7 Å². The summed E-state index contributed by atoms with van der Waals surface area (Å²) in [6.45, 7) is 5.87. The van der Waals surface area contributed by atoms with Crippen LogP contribution in [-0.4, -0.2) is 23.6 Å². The molecule has 0 aliphatic heterocycles. The molecule has 1 aromatic carbocycles. The molecule has 0 aliphatic carbocycles. The first kappa shape index (κ1) is 15.7. The van der Waals surface area contributed by atoms with E-state index in [2.05, 4.69) is 34.0 Å². The van der Waals surface area contributed by atoms with Crippen molar-refractivity contribution >= 4 is 17.4 Å². The summed E-state index contributed by atoms with van der Waals surface area (Å²) in [5, 5.41) is 4.01. The Kier molecular flexibility index (Phi) is 5.53. The minimum absolute atomic E-state index is 0.200. The van der Waals surface area contributed by atoms with Crippen LogP contribution >= 0.6 is 11.6 Å². The molecule has 0 spiro atoms. The molecule has 0 saturated carbocycles. The highest BCUT2D eigenvalue weighted by Crippen LogP contribution is 2.24. The van der Waals surface area contributed by atoms with Crippen LogP contribution in [0.25, 0.3) is 0 Å². The smallest absolute Gasteiger partial charge is 0.147 e. The van der Waals surface area contributed by atoms with E-state index in [0.717, 1.165) is 29.6 Å². The first-order valence-electron chi connectivity index (χ1n) is 7.11. The van der Waals surface area contributed by atoms with Crippen LogP contribution in [0.5, 0.6) is 0 Å². The molecule has 2 aromatic rings. The number of rotatable bonds is 6. The van der Waals surface area contributed by atoms with Gasteiger partial charge in [0.2, 0.25) is 0 Å². The summed E-state index contributed by atoms with van der Waals surface area (Å²) in [6, 6.07) is 8.10. The highest BCUT2D eigenvalue weighted by atomic mass is 35.5. The number of benzene rings is 1. The quantitative estimate of drug-likeness (QED) is 0.887. The molecule has 2 rings (SSSR count). The number of nitrogens with one attached hydrogen (secondary N) is 1. The van der Waals surface area contributed by atoms with Gasteiger partial charge in [0, 0.05) is 24.8 Å². The van der Waals surface area contributed by atoms with Gasteiger partial charge in [0.25, 0.3) is 0 Å². The van der Waals surface area contributed by atoms with Gasteiger partial charge in [0.05, 0.1) is 17.9 Å². The van der Waals surface area contributed by atoms with Crippen molar-refractivity contribution in [3.8, 4) is 0 Å². The molecule has 1 N–H and O–H groups in total. The van der Waals surface area contributed by atoms with E-state index in [1.165, 1.54) is 5.56 Å². The summed E-state index contributed by atoms with van der Waals surface area (Å²) in [5.74, 6) is 0.868. The first-order valence-corrected chi connectivity index (χ1v) is 7.49. The predicted octanol–water partition coefficient (Wildman–Crippen LogP) is 3.44. The van der Waals surface area contributed by atoms with Gasteiger partial charge in [-0.15, -0.1) is 0 Å². The van der Waals surface area contributed by atoms with Crippen molar-refractivity contribution in [3.63, 3.8) is 0 Å². The second kappa shape index (κ2) is 7.38. The molecule has 112 valence electrons. The summed E-state index contributed by atoms with van der Waals surface area (Å²) >= 11 is 5.94. The van der Waals surface area contributed by atoms with E-state index in [1.807, 2.05) is 31.3 Å². The number of hydrogen-bond acceptors (Lipinski definition) is 4. The number of anilines is 1. The minimum Gasteiger partial charge on any atom is -0.352 e. The van der Waals surface area contributed by atoms with E-state index in [-0.39, 0.29) is 6.04 Å². The Labute approximate surface area is 131 Å². The molecule has 4 nitrogen and oxygen atoms in total. The van der Waals surface area contributed by atoms with Gasteiger partial charge in [-0.05, 0) is 31.2 Å². The van der Waals surface area contributed by atoms with E-state index in [9.17, 15) is 0 Å². The average molecular weight is 305 g/mol. The lowest BCUT2D eigenvalue weighted by atomic mass is 10.1. The third-order valence-corrected chi connectivity index (χ3v) is 3.77. The second-order valence-corrected chi connectivity index (χ2v) is 5.42. The predicted molar refractivity (Wildman–Crippen MR) is 87.7 cm³/mol. The van der Waals surface area contributed by atoms with Gasteiger partial charge in [0.15, 0.2) is 0 Å². The van der Waals surface area contributed by atoms with Gasteiger partial charge >= 0.3 is 0 Å². The van der Waals surface area contributed by atoms with Crippen LogP contribution in [0.3, 0.4) is 0 Å². The Hall–Kier alpha value is -1.65. The van der Waals surface area contributed by atoms with Crippen LogP contribution in [0.2, 0.25) is 5.02 Å². The van der Waals surface area contributed by atoms with Crippen LogP contribution in [-0.2, 0) is 6.54 Å². The summed E-state index contributed by atoms with van der Waals surface area (Å²) in [7, 11) is 2.03. The molecule has 0 saturated heterocycles. The Morgan fingerprint density at radius 2 is 1.95 bits per heavy atom. The topological polar surface area (TPSA) is 41.1 Å². The van der Waals surface area contributed by atoms with Gasteiger partial charge in [-0.3, -0.25) is 4.98 Å². The van der Waals surface area contributed by atoms with Gasteiger partial charge in [-0.25, -0.2) is 4.98 Å². The van der Waals surface area contributed by atoms with Crippen molar-refractivity contribution in [3.05, 3.63) is 52.9 Å². The van der Waals surface area contributed by atoms with Crippen LogP contribution in [0.4, 0.5) is 5.82 Å². The third-order valence-electron chi connectivity index (χ3n) is 3.52. The maximum atomic E-state index is 5.94. The molecule has 0 bridgehead atoms. The third kappa shape index (κ3) is 4.16. The molecule has 21 heavy (non-hydrogen) atoms. The number of hydrogen-bond donors (Lipinski definition) is 1. The number of aromatic nitrogens is 2. The van der Waals surface area contributed by atoms with Gasteiger partial charge in [0.1, 0.15) is 5.82 Å². The lowest BCUT2D eigenvalue weighted by Crippen LogP contribution is -2.23. The van der Waals surface area contributed by atoms with Crippen molar-refractivity contribution in [2.75, 3.05) is 18.5 Å². The molecular weight excluding hydrogens is 284 g/mol. The lowest BCUT2D eigenvalue weighted by molar-refractivity contribution is 0.691. The maximum absolute atomic E-state index is 5.94. The Bertz CT molecular complexity index is 571. The number of halogens is 1. The summed E-state index contributed by atoms with van der Waals surface area (Å²) < 4.78 is 0. The van der Waals surface area contributed by atoms with Crippen LogP contribution < -0.4 is 10.2 Å². The maximum Gasteiger partial charge on any atom is 0.147 e. The van der Waals surface area contributed by atoms with Crippen LogP contribution in [0.1, 0.15) is 31.1 Å². The molecule has 5 heteroatoms. The Morgan fingerprint density at radius 1 is 1.24 bits per heavy atom. The molecular formula is C16H21ClN4. The molecule has 1 heterocycles. The zero-order valence-electron chi connectivity index (χ0n) is 12.7. The van der Waals surface area contributed by atoms with Crippen LogP contribution in [0, 0.1) is 0 Å². The van der Waals surface area contributed by atoms with E-state index < -0.39 is 0 Å². The Morgan fingerprint density at radius 3 is 2.62 bits per heavy atom. The SMILES string of the molecule is CCNCc1cncc(N(C)C(C)c2ccc(Cl)cc2)n1. The molecule has 0 fully saturated rings. The van der Waals surface area contributed by atoms with E-state index in [1.54, 1.807) is 12.4 Å². The molecule has 1 aromatic heterocycles. The van der Waals surface area contributed by atoms with Gasteiger partial charge < -0.3 is 10.2 Å². The summed E-state index contributed by atoms with van der Waals surface area (Å²) in [5.41, 5.74) is 2.14. The molecule has 0 amide bonds. The number of nitrogens with zero attached hydrogens (tertiary/aromatic N) is 3. The first-order chi connectivity index (χ1) is 10.1. The Balaban J connectivity index is 2.14. The summed E-state index contributed by atoms with van der Waals surface area (Å²) in [6.07, 6.45) is 3.59. The van der Waals surface area contributed by atoms with Crippen molar-refractivity contribution in [2.45, 2.75) is 26.4 Å². The van der Waals surface area contributed by atoms with E-state index >= 15 is 0 Å². The minimum atomic E-state index is 0.200. The monoisotopic (exact) mass is 304 g/mol. The van der Waals surface area contributed by atoms with Gasteiger partial charge in [-0.2, -0.15) is 0 Å². The fraction of sp³-hybridized carbons (Fsp3) is 0.375. The fourth-order valence-corrected chi connectivity index (χ4v) is 2.19. The second-order valence-electron chi connectivity index (χ2n) is 4.99. The van der Waals surface area contributed by atoms with Crippen molar-refractivity contribution < 1.29 is 0 Å². The van der Waals surface area contributed by atoms with E-state index in [0.29, 0.717) is 0 Å². The highest BCUT2D eigenvalue weighted by molar-refractivity contribution is 6.30. The highest BCUT2D eigenvalue weighted by Gasteiger charge is 2.14. The fourth-order valence-electron chi connectivity index (χ4n) is 2.07. The molecule has 0 radical (unpaired) electrons. The van der Waals surface area contributed by atoms with Crippen molar-refractivity contribution in [1.82, 2.24) is 15.3 Å².